The molecule has 0 saturated carbocycles. The van der Waals surface area contributed by atoms with Crippen LogP contribution in [0.4, 0.5) is 21.5 Å². The van der Waals surface area contributed by atoms with Crippen molar-refractivity contribution in [2.45, 2.75) is 4.90 Å². The first-order chi connectivity index (χ1) is 15.1. The van der Waals surface area contributed by atoms with E-state index in [0.717, 1.165) is 4.90 Å². The van der Waals surface area contributed by atoms with E-state index >= 15 is 0 Å². The molecule has 0 fully saturated rings. The summed E-state index contributed by atoms with van der Waals surface area (Å²) in [5.74, 6) is -1.29. The lowest BCUT2D eigenvalue weighted by Gasteiger charge is -2.12. The van der Waals surface area contributed by atoms with Crippen molar-refractivity contribution in [2.24, 2.45) is 0 Å². The fourth-order valence-electron chi connectivity index (χ4n) is 2.66. The summed E-state index contributed by atoms with van der Waals surface area (Å²) in [6, 6.07) is 21.5. The summed E-state index contributed by atoms with van der Waals surface area (Å²) in [6.07, 6.45) is 0. The van der Waals surface area contributed by atoms with Gasteiger partial charge in [0.05, 0.1) is 28.8 Å². The molecule has 0 bridgehead atoms. The van der Waals surface area contributed by atoms with Crippen LogP contribution < -0.4 is 10.6 Å². The molecule has 0 radical (unpaired) electrons. The smallest absolute Gasteiger partial charge is 0.340 e. The number of hydrogen-bond donors (Lipinski definition) is 2. The third-order valence-corrected chi connectivity index (χ3v) is 5.00. The van der Waals surface area contributed by atoms with Gasteiger partial charge in [-0.3, -0.25) is 4.79 Å². The van der Waals surface area contributed by atoms with Crippen LogP contribution in [0.3, 0.4) is 0 Å². The van der Waals surface area contributed by atoms with Crippen LogP contribution in [0.2, 0.25) is 0 Å². The monoisotopic (exact) mass is 435 g/mol. The van der Waals surface area contributed by atoms with E-state index in [2.05, 4.69) is 10.6 Å². The van der Waals surface area contributed by atoms with Crippen LogP contribution in [0.1, 0.15) is 10.4 Å². The molecule has 0 aromatic heterocycles. The number of nitriles is 1. The summed E-state index contributed by atoms with van der Waals surface area (Å²) in [5, 5.41) is 14.5. The van der Waals surface area contributed by atoms with Gasteiger partial charge in [0.15, 0.2) is 6.61 Å². The lowest BCUT2D eigenvalue weighted by Crippen LogP contribution is -2.21. The number of anilines is 3. The second-order valence-electron chi connectivity index (χ2n) is 6.24. The van der Waals surface area contributed by atoms with Crippen molar-refractivity contribution in [3.63, 3.8) is 0 Å². The van der Waals surface area contributed by atoms with Crippen LogP contribution in [-0.4, -0.2) is 24.2 Å². The molecule has 3 aromatic rings. The van der Waals surface area contributed by atoms with E-state index in [-0.39, 0.29) is 17.1 Å². The maximum Gasteiger partial charge on any atom is 0.340 e. The molecule has 8 heteroatoms. The fraction of sp³-hybridized carbons (Fsp3) is 0.0870. The van der Waals surface area contributed by atoms with Crippen molar-refractivity contribution >= 4 is 40.7 Å². The summed E-state index contributed by atoms with van der Waals surface area (Å²) in [6.45, 7) is -0.471. The number of halogens is 1. The lowest BCUT2D eigenvalue weighted by molar-refractivity contribution is -0.119. The molecule has 0 heterocycles. The van der Waals surface area contributed by atoms with Crippen molar-refractivity contribution in [3.05, 3.63) is 84.2 Å². The van der Waals surface area contributed by atoms with Gasteiger partial charge in [-0.2, -0.15) is 5.26 Å². The highest BCUT2D eigenvalue weighted by atomic mass is 32.2. The molecular weight excluding hydrogens is 417 g/mol. The minimum absolute atomic E-state index is 0.240. The molecule has 156 valence electrons. The van der Waals surface area contributed by atoms with Crippen LogP contribution in [0.25, 0.3) is 0 Å². The SMILES string of the molecule is N#CCSc1ccccc1NC(=O)COC(=O)c1ccccc1Nc1ccc(F)cc1. The zero-order chi connectivity index (χ0) is 22.1. The first kappa shape index (κ1) is 21.9. The fourth-order valence-corrected chi connectivity index (χ4v) is 3.33. The average molecular weight is 435 g/mol. The lowest BCUT2D eigenvalue weighted by atomic mass is 10.1. The van der Waals surface area contributed by atoms with Crippen molar-refractivity contribution in [1.29, 1.82) is 5.26 Å². The molecule has 0 aliphatic rings. The molecule has 0 aliphatic heterocycles. The number of hydrogen-bond acceptors (Lipinski definition) is 6. The van der Waals surface area contributed by atoms with E-state index in [0.29, 0.717) is 17.1 Å². The van der Waals surface area contributed by atoms with E-state index in [9.17, 15) is 14.0 Å². The number of ether oxygens (including phenoxy) is 1. The van der Waals surface area contributed by atoms with Crippen LogP contribution >= 0.6 is 11.8 Å². The Bertz CT molecular complexity index is 1110. The first-order valence-corrected chi connectivity index (χ1v) is 10.2. The zero-order valence-corrected chi connectivity index (χ0v) is 17.1. The second kappa shape index (κ2) is 10.8. The largest absolute Gasteiger partial charge is 0.452 e. The van der Waals surface area contributed by atoms with E-state index in [1.54, 1.807) is 60.7 Å². The summed E-state index contributed by atoms with van der Waals surface area (Å²) < 4.78 is 18.3. The predicted octanol–water partition coefficient (Wildman–Crippen LogP) is 4.98. The Balaban J connectivity index is 1.62. The van der Waals surface area contributed by atoms with Gasteiger partial charge >= 0.3 is 5.97 Å². The number of para-hydroxylation sites is 2. The molecular formula is C23H18FN3O3S. The van der Waals surface area contributed by atoms with Gasteiger partial charge in [-0.25, -0.2) is 9.18 Å². The maximum absolute atomic E-state index is 13.1. The van der Waals surface area contributed by atoms with Crippen molar-refractivity contribution in [3.8, 4) is 6.07 Å². The highest BCUT2D eigenvalue weighted by Gasteiger charge is 2.15. The number of nitrogens with zero attached hydrogens (tertiary/aromatic N) is 1. The van der Waals surface area contributed by atoms with Gasteiger partial charge in [-0.1, -0.05) is 24.3 Å². The molecule has 0 saturated heterocycles. The third-order valence-electron chi connectivity index (χ3n) is 4.06. The molecule has 31 heavy (non-hydrogen) atoms. The first-order valence-electron chi connectivity index (χ1n) is 9.24. The minimum atomic E-state index is -0.674. The number of rotatable bonds is 8. The van der Waals surface area contributed by atoms with Gasteiger partial charge in [0, 0.05) is 10.6 Å². The molecule has 0 unspecified atom stereocenters. The van der Waals surface area contributed by atoms with E-state index in [1.165, 1.54) is 23.9 Å². The van der Waals surface area contributed by atoms with Crippen LogP contribution in [0, 0.1) is 17.1 Å². The Kier molecular flexibility index (Phi) is 7.62. The normalized spacial score (nSPS) is 10.1. The number of nitrogens with one attached hydrogen (secondary N) is 2. The van der Waals surface area contributed by atoms with Gasteiger partial charge in [0.1, 0.15) is 5.82 Å². The van der Waals surface area contributed by atoms with E-state index in [1.807, 2.05) is 6.07 Å². The number of amides is 1. The molecule has 6 nitrogen and oxygen atoms in total. The molecule has 0 atom stereocenters. The molecule has 2 N–H and O–H groups in total. The van der Waals surface area contributed by atoms with Gasteiger partial charge in [-0.05, 0) is 48.5 Å². The van der Waals surface area contributed by atoms with Crippen LogP contribution in [-0.2, 0) is 9.53 Å². The third kappa shape index (κ3) is 6.32. The average Bonchev–Trinajstić information content (AvgIpc) is 2.79. The highest BCUT2D eigenvalue weighted by molar-refractivity contribution is 7.99. The summed E-state index contributed by atoms with van der Waals surface area (Å²) >= 11 is 1.30. The van der Waals surface area contributed by atoms with Gasteiger partial charge in [-0.15, -0.1) is 11.8 Å². The zero-order valence-electron chi connectivity index (χ0n) is 16.3. The Morgan fingerprint density at radius 3 is 2.39 bits per heavy atom. The number of carbonyl (C=O) groups is 2. The van der Waals surface area contributed by atoms with Gasteiger partial charge in [0.25, 0.3) is 5.91 Å². The summed E-state index contributed by atoms with van der Waals surface area (Å²) in [7, 11) is 0. The molecule has 3 aromatic carbocycles. The summed E-state index contributed by atoms with van der Waals surface area (Å²) in [5.41, 5.74) is 1.86. The Morgan fingerprint density at radius 1 is 0.968 bits per heavy atom. The Labute approximate surface area is 183 Å². The predicted molar refractivity (Wildman–Crippen MR) is 118 cm³/mol. The number of esters is 1. The molecule has 0 aliphatic carbocycles. The van der Waals surface area contributed by atoms with Gasteiger partial charge < -0.3 is 15.4 Å². The Morgan fingerprint density at radius 2 is 1.65 bits per heavy atom. The minimum Gasteiger partial charge on any atom is -0.452 e. The van der Waals surface area contributed by atoms with E-state index in [4.69, 9.17) is 10.00 Å². The maximum atomic E-state index is 13.1. The number of benzene rings is 3. The number of carbonyl (C=O) groups excluding carboxylic acids is 2. The van der Waals surface area contributed by atoms with Crippen LogP contribution in [0.5, 0.6) is 0 Å². The molecule has 1 amide bonds. The van der Waals surface area contributed by atoms with E-state index < -0.39 is 18.5 Å². The quantitative estimate of drug-likeness (QED) is 0.383. The summed E-state index contributed by atoms with van der Waals surface area (Å²) in [4.78, 5) is 25.5. The van der Waals surface area contributed by atoms with Crippen molar-refractivity contribution in [2.75, 3.05) is 23.0 Å². The molecule has 3 rings (SSSR count). The topological polar surface area (TPSA) is 91.2 Å². The van der Waals surface area contributed by atoms with Crippen LogP contribution in [0.15, 0.2) is 77.7 Å². The highest BCUT2D eigenvalue weighted by Crippen LogP contribution is 2.26. The second-order valence-corrected chi connectivity index (χ2v) is 7.26. The Hall–Kier alpha value is -3.83. The van der Waals surface area contributed by atoms with Gasteiger partial charge in [0.2, 0.25) is 0 Å². The standard InChI is InChI=1S/C23H18FN3O3S/c24-16-9-11-17(12-10-16)26-19-6-2-1-5-18(19)23(29)30-15-22(28)27-20-7-3-4-8-21(20)31-14-13-25/h1-12,26H,14-15H2,(H,27,28). The molecule has 0 spiro atoms. The van der Waals surface area contributed by atoms with Crippen molar-refractivity contribution in [1.82, 2.24) is 0 Å². The number of thioether (sulfide) groups is 1. The van der Waals surface area contributed by atoms with Crippen molar-refractivity contribution < 1.29 is 18.7 Å².